The summed E-state index contributed by atoms with van der Waals surface area (Å²) in [7, 11) is 0. The molecule has 0 bridgehead atoms. The van der Waals surface area contributed by atoms with Gasteiger partial charge in [0.15, 0.2) is 0 Å². The molecule has 2 nitrogen and oxygen atoms in total. The number of ether oxygens (including phenoxy) is 1. The van der Waals surface area contributed by atoms with Gasteiger partial charge < -0.3 is 9.64 Å². The first-order valence-electron chi connectivity index (χ1n) is 9.26. The van der Waals surface area contributed by atoms with Crippen molar-refractivity contribution in [3.8, 4) is 5.75 Å². The smallest absolute Gasteiger partial charge is 0.123 e. The fraction of sp³-hybridized carbons (Fsp3) is 0.455. The second-order valence-electron chi connectivity index (χ2n) is 7.42. The number of likely N-dealkylation sites (tertiary alicyclic amines) is 1. The molecule has 2 aliphatic rings. The molecule has 2 heteroatoms. The Morgan fingerprint density at radius 3 is 2.46 bits per heavy atom. The number of para-hydroxylation sites is 1. The Morgan fingerprint density at radius 1 is 1.04 bits per heavy atom. The normalized spacial score (nSPS) is 22.8. The highest BCUT2D eigenvalue weighted by atomic mass is 16.5. The SMILES string of the molecule is CCN1CCC2(CC1)CC(c1ccc(C)cc1)c1ccccc1O2. The molecule has 1 fully saturated rings. The van der Waals surface area contributed by atoms with Crippen LogP contribution in [0.4, 0.5) is 0 Å². The first-order chi connectivity index (χ1) is 11.7. The highest BCUT2D eigenvalue weighted by molar-refractivity contribution is 5.45. The molecule has 1 spiro atoms. The van der Waals surface area contributed by atoms with E-state index in [1.54, 1.807) is 0 Å². The number of rotatable bonds is 2. The number of benzene rings is 2. The highest BCUT2D eigenvalue weighted by Gasteiger charge is 2.43. The van der Waals surface area contributed by atoms with Gasteiger partial charge >= 0.3 is 0 Å². The lowest BCUT2D eigenvalue weighted by Crippen LogP contribution is -2.50. The van der Waals surface area contributed by atoms with Crippen molar-refractivity contribution in [1.82, 2.24) is 4.90 Å². The molecule has 0 radical (unpaired) electrons. The van der Waals surface area contributed by atoms with Gasteiger partial charge in [-0.05, 0) is 44.4 Å². The standard InChI is InChI=1S/C22H27NO/c1-3-23-14-12-22(13-15-23)16-20(18-10-8-17(2)9-11-18)19-6-4-5-7-21(19)24-22/h4-11,20H,3,12-16H2,1-2H3. The van der Waals surface area contributed by atoms with Crippen LogP contribution in [0.1, 0.15) is 48.8 Å². The number of nitrogens with zero attached hydrogens (tertiary/aromatic N) is 1. The summed E-state index contributed by atoms with van der Waals surface area (Å²) < 4.78 is 6.60. The minimum atomic E-state index is 0.00950. The average Bonchev–Trinajstić information content (AvgIpc) is 2.62. The van der Waals surface area contributed by atoms with Crippen molar-refractivity contribution < 1.29 is 4.74 Å². The summed E-state index contributed by atoms with van der Waals surface area (Å²) >= 11 is 0. The van der Waals surface area contributed by atoms with Crippen LogP contribution in [-0.4, -0.2) is 30.1 Å². The quantitative estimate of drug-likeness (QED) is 0.790. The second kappa shape index (κ2) is 6.25. The van der Waals surface area contributed by atoms with E-state index in [0.717, 1.165) is 44.6 Å². The van der Waals surface area contributed by atoms with Crippen LogP contribution in [0.25, 0.3) is 0 Å². The minimum absolute atomic E-state index is 0.00950. The molecular formula is C22H27NO. The minimum Gasteiger partial charge on any atom is -0.487 e. The molecule has 24 heavy (non-hydrogen) atoms. The summed E-state index contributed by atoms with van der Waals surface area (Å²) in [6.45, 7) is 7.86. The van der Waals surface area contributed by atoms with Gasteiger partial charge in [0.25, 0.3) is 0 Å². The van der Waals surface area contributed by atoms with Gasteiger partial charge in [-0.2, -0.15) is 0 Å². The van der Waals surface area contributed by atoms with Gasteiger partial charge in [0, 0.05) is 24.6 Å². The van der Waals surface area contributed by atoms with Gasteiger partial charge in [-0.15, -0.1) is 0 Å². The number of aryl methyl sites for hydroxylation is 1. The predicted octanol–water partition coefficient (Wildman–Crippen LogP) is 4.76. The number of fused-ring (bicyclic) bond motifs is 1. The number of hydrogen-bond donors (Lipinski definition) is 0. The van der Waals surface area contributed by atoms with Crippen LogP contribution in [0, 0.1) is 6.92 Å². The van der Waals surface area contributed by atoms with E-state index in [1.165, 1.54) is 16.7 Å². The Balaban J connectivity index is 1.69. The monoisotopic (exact) mass is 321 g/mol. The van der Waals surface area contributed by atoms with E-state index in [4.69, 9.17) is 4.74 Å². The molecule has 0 N–H and O–H groups in total. The van der Waals surface area contributed by atoms with Crippen molar-refractivity contribution in [2.75, 3.05) is 19.6 Å². The Labute approximate surface area is 145 Å². The molecule has 0 saturated carbocycles. The summed E-state index contributed by atoms with van der Waals surface area (Å²) in [5.41, 5.74) is 4.11. The van der Waals surface area contributed by atoms with Crippen LogP contribution >= 0.6 is 0 Å². The van der Waals surface area contributed by atoms with E-state index in [1.807, 2.05) is 0 Å². The van der Waals surface area contributed by atoms with Crippen molar-refractivity contribution in [3.05, 3.63) is 65.2 Å². The van der Waals surface area contributed by atoms with Crippen LogP contribution in [0.2, 0.25) is 0 Å². The Morgan fingerprint density at radius 2 is 1.75 bits per heavy atom. The highest BCUT2D eigenvalue weighted by Crippen LogP contribution is 2.47. The number of piperidine rings is 1. The van der Waals surface area contributed by atoms with Gasteiger partial charge in [0.1, 0.15) is 11.4 Å². The summed E-state index contributed by atoms with van der Waals surface area (Å²) in [4.78, 5) is 2.54. The molecule has 0 amide bonds. The lowest BCUT2D eigenvalue weighted by Gasteiger charge is -2.47. The first kappa shape index (κ1) is 15.7. The molecule has 1 atom stereocenters. The maximum Gasteiger partial charge on any atom is 0.123 e. The molecule has 2 aliphatic heterocycles. The predicted molar refractivity (Wildman–Crippen MR) is 98.8 cm³/mol. The molecule has 4 rings (SSSR count). The van der Waals surface area contributed by atoms with Crippen LogP contribution in [-0.2, 0) is 0 Å². The summed E-state index contributed by atoms with van der Waals surface area (Å²) in [5.74, 6) is 1.54. The van der Waals surface area contributed by atoms with Crippen LogP contribution < -0.4 is 4.74 Å². The molecule has 2 heterocycles. The van der Waals surface area contributed by atoms with Crippen molar-refractivity contribution in [1.29, 1.82) is 0 Å². The Bertz CT molecular complexity index is 698. The van der Waals surface area contributed by atoms with Gasteiger partial charge in [-0.25, -0.2) is 0 Å². The lowest BCUT2D eigenvalue weighted by molar-refractivity contribution is -0.0177. The van der Waals surface area contributed by atoms with E-state index in [9.17, 15) is 0 Å². The van der Waals surface area contributed by atoms with Crippen LogP contribution in [0.5, 0.6) is 5.75 Å². The number of hydrogen-bond acceptors (Lipinski definition) is 2. The largest absolute Gasteiger partial charge is 0.487 e. The van der Waals surface area contributed by atoms with Crippen LogP contribution in [0.15, 0.2) is 48.5 Å². The Hall–Kier alpha value is -1.80. The first-order valence-corrected chi connectivity index (χ1v) is 9.26. The summed E-state index contributed by atoms with van der Waals surface area (Å²) in [5, 5.41) is 0. The zero-order chi connectivity index (χ0) is 16.6. The fourth-order valence-corrected chi connectivity index (χ4v) is 4.30. The zero-order valence-corrected chi connectivity index (χ0v) is 14.8. The molecular weight excluding hydrogens is 294 g/mol. The van der Waals surface area contributed by atoms with Gasteiger partial charge in [-0.1, -0.05) is 55.0 Å². The Kier molecular flexibility index (Phi) is 4.09. The van der Waals surface area contributed by atoms with E-state index < -0.39 is 0 Å². The third kappa shape index (κ3) is 2.84. The molecule has 2 aromatic carbocycles. The molecule has 1 unspecified atom stereocenters. The molecule has 0 aromatic heterocycles. The molecule has 0 aliphatic carbocycles. The van der Waals surface area contributed by atoms with E-state index in [2.05, 4.69) is 67.3 Å². The summed E-state index contributed by atoms with van der Waals surface area (Å²) in [6, 6.07) is 17.7. The van der Waals surface area contributed by atoms with Crippen LogP contribution in [0.3, 0.4) is 0 Å². The topological polar surface area (TPSA) is 12.5 Å². The van der Waals surface area contributed by atoms with E-state index in [-0.39, 0.29) is 5.60 Å². The van der Waals surface area contributed by atoms with Crippen molar-refractivity contribution >= 4 is 0 Å². The van der Waals surface area contributed by atoms with Crippen molar-refractivity contribution in [3.63, 3.8) is 0 Å². The average molecular weight is 321 g/mol. The molecule has 126 valence electrons. The summed E-state index contributed by atoms with van der Waals surface area (Å²) in [6.07, 6.45) is 3.37. The van der Waals surface area contributed by atoms with E-state index in [0.29, 0.717) is 5.92 Å². The zero-order valence-electron chi connectivity index (χ0n) is 14.8. The molecule has 2 aromatic rings. The van der Waals surface area contributed by atoms with E-state index >= 15 is 0 Å². The van der Waals surface area contributed by atoms with Crippen molar-refractivity contribution in [2.24, 2.45) is 0 Å². The van der Waals surface area contributed by atoms with Gasteiger partial charge in [0.05, 0.1) is 0 Å². The fourth-order valence-electron chi connectivity index (χ4n) is 4.30. The van der Waals surface area contributed by atoms with Crippen molar-refractivity contribution in [2.45, 2.75) is 44.6 Å². The second-order valence-corrected chi connectivity index (χ2v) is 7.42. The maximum absolute atomic E-state index is 6.60. The third-order valence-electron chi connectivity index (χ3n) is 5.89. The maximum atomic E-state index is 6.60. The van der Waals surface area contributed by atoms with Gasteiger partial charge in [0.2, 0.25) is 0 Å². The third-order valence-corrected chi connectivity index (χ3v) is 5.89. The van der Waals surface area contributed by atoms with Gasteiger partial charge in [-0.3, -0.25) is 0 Å². The lowest BCUT2D eigenvalue weighted by atomic mass is 9.75. The molecule has 1 saturated heterocycles.